The normalized spacial score (nSPS) is 20.5. The first-order valence-electron chi connectivity index (χ1n) is 9.59. The zero-order chi connectivity index (χ0) is 22.6. The molecule has 12 heteroatoms. The van der Waals surface area contributed by atoms with Crippen LogP contribution in [-0.2, 0) is 16.1 Å². The monoisotopic (exact) mass is 444 g/mol. The molecule has 0 radical (unpaired) electrons. The van der Waals surface area contributed by atoms with Crippen LogP contribution in [0.4, 0.5) is 13.2 Å². The second kappa shape index (κ2) is 9.18. The van der Waals surface area contributed by atoms with Crippen molar-refractivity contribution >= 4 is 5.97 Å². The summed E-state index contributed by atoms with van der Waals surface area (Å²) in [5, 5.41) is 11.2. The largest absolute Gasteiger partial charge is 0.490 e. The zero-order valence-corrected chi connectivity index (χ0v) is 17.1. The summed E-state index contributed by atoms with van der Waals surface area (Å²) in [4.78, 5) is 19.7. The zero-order valence-electron chi connectivity index (χ0n) is 17.1. The third-order valence-electron chi connectivity index (χ3n) is 4.80. The lowest BCUT2D eigenvalue weighted by molar-refractivity contribution is -0.192. The van der Waals surface area contributed by atoms with E-state index in [4.69, 9.17) is 23.9 Å². The summed E-state index contributed by atoms with van der Waals surface area (Å²) in [7, 11) is 0. The van der Waals surface area contributed by atoms with Crippen LogP contribution in [0, 0.1) is 13.8 Å². The number of carboxylic acid groups (broad SMARTS) is 1. The minimum atomic E-state index is -5.08. The summed E-state index contributed by atoms with van der Waals surface area (Å²) < 4.78 is 48.9. The average molecular weight is 444 g/mol. The summed E-state index contributed by atoms with van der Waals surface area (Å²) in [6, 6.07) is 1.98. The molecule has 31 heavy (non-hydrogen) atoms. The standard InChI is InChI=1S/C17H22N4O3.C2HF3O2/c1-12-7-18-8-16(19-12)23-15-3-4-22-17(6-15)10-21(11-17)9-14-5-13(2)24-20-14;3-2(4,5)1(6)7/h5,7-8,15H,3-4,6,9-11H2,1-2H3;(H,6,7). The topological polar surface area (TPSA) is 111 Å². The number of ether oxygens (including phenoxy) is 2. The Kier molecular flexibility index (Phi) is 6.80. The van der Waals surface area contributed by atoms with Crippen molar-refractivity contribution in [1.82, 2.24) is 20.0 Å². The van der Waals surface area contributed by atoms with Crippen LogP contribution in [0.1, 0.15) is 30.0 Å². The van der Waals surface area contributed by atoms with Crippen molar-refractivity contribution in [3.8, 4) is 5.88 Å². The van der Waals surface area contributed by atoms with Gasteiger partial charge in [0.1, 0.15) is 11.9 Å². The smallest absolute Gasteiger partial charge is 0.475 e. The molecule has 0 saturated carbocycles. The molecule has 1 spiro atoms. The van der Waals surface area contributed by atoms with E-state index in [1.54, 1.807) is 12.4 Å². The molecule has 2 saturated heterocycles. The van der Waals surface area contributed by atoms with Crippen LogP contribution in [0.5, 0.6) is 5.88 Å². The highest BCUT2D eigenvalue weighted by molar-refractivity contribution is 5.73. The van der Waals surface area contributed by atoms with E-state index < -0.39 is 12.1 Å². The van der Waals surface area contributed by atoms with Gasteiger partial charge >= 0.3 is 12.1 Å². The number of halogens is 3. The molecule has 2 aromatic rings. The summed E-state index contributed by atoms with van der Waals surface area (Å²) in [5.74, 6) is -1.30. The maximum Gasteiger partial charge on any atom is 0.490 e. The quantitative estimate of drug-likeness (QED) is 0.760. The Labute approximate surface area is 176 Å². The van der Waals surface area contributed by atoms with E-state index in [1.165, 1.54) is 0 Å². The van der Waals surface area contributed by atoms with E-state index in [0.717, 1.165) is 56.2 Å². The predicted octanol–water partition coefficient (Wildman–Crippen LogP) is 2.53. The lowest BCUT2D eigenvalue weighted by atomic mass is 9.84. The highest BCUT2D eigenvalue weighted by Gasteiger charge is 2.48. The van der Waals surface area contributed by atoms with Crippen molar-refractivity contribution in [1.29, 1.82) is 0 Å². The number of likely N-dealkylation sites (tertiary alicyclic amines) is 1. The van der Waals surface area contributed by atoms with E-state index in [0.29, 0.717) is 5.88 Å². The minimum Gasteiger partial charge on any atom is -0.475 e. The minimum absolute atomic E-state index is 0.0983. The molecule has 4 rings (SSSR count). The SMILES string of the molecule is Cc1cncc(OC2CCOC3(C2)CN(Cc2cc(C)on2)C3)n1.O=C(O)C(F)(F)F. The van der Waals surface area contributed by atoms with Crippen LogP contribution < -0.4 is 4.74 Å². The number of aliphatic carboxylic acids is 1. The molecule has 0 aromatic carbocycles. The molecular weight excluding hydrogens is 421 g/mol. The van der Waals surface area contributed by atoms with E-state index in [-0.39, 0.29) is 11.7 Å². The third-order valence-corrected chi connectivity index (χ3v) is 4.80. The molecule has 9 nitrogen and oxygen atoms in total. The fourth-order valence-corrected chi connectivity index (χ4v) is 3.57. The van der Waals surface area contributed by atoms with Crippen LogP contribution in [0.3, 0.4) is 0 Å². The Bertz CT molecular complexity index is 899. The molecule has 2 fully saturated rings. The fraction of sp³-hybridized carbons (Fsp3) is 0.579. The number of aromatic nitrogens is 3. The summed E-state index contributed by atoms with van der Waals surface area (Å²) >= 11 is 0. The first-order chi connectivity index (χ1) is 14.5. The van der Waals surface area contributed by atoms with E-state index in [2.05, 4.69) is 20.0 Å². The summed E-state index contributed by atoms with van der Waals surface area (Å²) in [6.07, 6.45) is 0.228. The third kappa shape index (κ3) is 6.37. The van der Waals surface area contributed by atoms with E-state index in [9.17, 15) is 13.2 Å². The summed E-state index contributed by atoms with van der Waals surface area (Å²) in [5.41, 5.74) is 1.74. The molecule has 170 valence electrons. The predicted molar refractivity (Wildman–Crippen MR) is 99.3 cm³/mol. The first-order valence-corrected chi connectivity index (χ1v) is 9.59. The van der Waals surface area contributed by atoms with Crippen molar-refractivity contribution in [3.05, 3.63) is 35.6 Å². The molecule has 2 aromatic heterocycles. The summed E-state index contributed by atoms with van der Waals surface area (Å²) in [6.45, 7) is 7.16. The molecule has 0 amide bonds. The Balaban J connectivity index is 0.000000339. The number of carboxylic acids is 1. The highest BCUT2D eigenvalue weighted by Crippen LogP contribution is 2.36. The average Bonchev–Trinajstić information content (AvgIpc) is 3.05. The number of nitrogens with zero attached hydrogens (tertiary/aromatic N) is 4. The molecule has 0 aliphatic carbocycles. The van der Waals surface area contributed by atoms with Gasteiger partial charge in [-0.1, -0.05) is 5.16 Å². The second-order valence-corrected chi connectivity index (χ2v) is 7.64. The van der Waals surface area contributed by atoms with Gasteiger partial charge in [-0.25, -0.2) is 9.78 Å². The maximum absolute atomic E-state index is 10.6. The fourth-order valence-electron chi connectivity index (χ4n) is 3.57. The van der Waals surface area contributed by atoms with Gasteiger partial charge in [-0.3, -0.25) is 9.88 Å². The second-order valence-electron chi connectivity index (χ2n) is 7.64. The van der Waals surface area contributed by atoms with Crippen molar-refractivity contribution in [2.24, 2.45) is 0 Å². The molecule has 1 unspecified atom stereocenters. The van der Waals surface area contributed by atoms with Gasteiger partial charge in [-0.15, -0.1) is 0 Å². The van der Waals surface area contributed by atoms with Crippen LogP contribution in [-0.4, -0.2) is 68.7 Å². The maximum atomic E-state index is 10.6. The number of carbonyl (C=O) groups is 1. The lowest BCUT2D eigenvalue weighted by Crippen LogP contribution is -2.65. The van der Waals surface area contributed by atoms with Crippen LogP contribution in [0.15, 0.2) is 23.0 Å². The van der Waals surface area contributed by atoms with E-state index >= 15 is 0 Å². The lowest BCUT2D eigenvalue weighted by Gasteiger charge is -2.52. The molecular formula is C19H23F3N4O5. The van der Waals surface area contributed by atoms with Gasteiger partial charge < -0.3 is 19.1 Å². The Morgan fingerprint density at radius 3 is 2.65 bits per heavy atom. The first kappa shape index (κ1) is 22.9. The molecule has 4 heterocycles. The number of alkyl halides is 3. The molecule has 2 aliphatic heterocycles. The number of aryl methyl sites for hydroxylation is 2. The van der Waals surface area contributed by atoms with Gasteiger partial charge in [0.2, 0.25) is 5.88 Å². The van der Waals surface area contributed by atoms with Gasteiger partial charge in [-0.05, 0) is 13.8 Å². The van der Waals surface area contributed by atoms with Gasteiger partial charge in [0.25, 0.3) is 0 Å². The van der Waals surface area contributed by atoms with Crippen LogP contribution in [0.2, 0.25) is 0 Å². The van der Waals surface area contributed by atoms with Gasteiger partial charge in [0.05, 0.1) is 29.8 Å². The molecule has 1 N–H and O–H groups in total. The van der Waals surface area contributed by atoms with Crippen LogP contribution >= 0.6 is 0 Å². The number of rotatable bonds is 4. The number of hydrogen-bond donors (Lipinski definition) is 1. The number of hydrogen-bond acceptors (Lipinski definition) is 8. The van der Waals surface area contributed by atoms with Crippen molar-refractivity contribution in [2.45, 2.75) is 51.1 Å². The van der Waals surface area contributed by atoms with Crippen molar-refractivity contribution < 1.29 is 37.1 Å². The van der Waals surface area contributed by atoms with E-state index in [1.807, 2.05) is 19.9 Å². The van der Waals surface area contributed by atoms with Gasteiger partial charge in [0.15, 0.2) is 0 Å². The Morgan fingerprint density at radius 2 is 2.06 bits per heavy atom. The Morgan fingerprint density at radius 1 is 1.35 bits per heavy atom. The van der Waals surface area contributed by atoms with Crippen molar-refractivity contribution in [3.63, 3.8) is 0 Å². The van der Waals surface area contributed by atoms with Crippen LogP contribution in [0.25, 0.3) is 0 Å². The highest BCUT2D eigenvalue weighted by atomic mass is 19.4. The molecule has 1 atom stereocenters. The van der Waals surface area contributed by atoms with Gasteiger partial charge in [-0.2, -0.15) is 13.2 Å². The van der Waals surface area contributed by atoms with Crippen molar-refractivity contribution in [2.75, 3.05) is 19.7 Å². The molecule has 0 bridgehead atoms. The van der Waals surface area contributed by atoms with Gasteiger partial charge in [0, 0.05) is 44.7 Å². The molecule has 2 aliphatic rings. The Hall–Kier alpha value is -2.73.